The molecule has 3 rings (SSSR count). The largest absolute Gasteiger partial charge is 0.307 e. The normalized spacial score (nSPS) is 19.0. The van der Waals surface area contributed by atoms with Crippen LogP contribution >= 0.6 is 0 Å². The number of carbonyl (C=O) groups is 1. The van der Waals surface area contributed by atoms with Crippen LogP contribution in [0.15, 0.2) is 30.3 Å². The molecule has 0 saturated carbocycles. The Kier molecular flexibility index (Phi) is 5.62. The zero-order valence-electron chi connectivity index (χ0n) is 16.4. The lowest BCUT2D eigenvalue weighted by molar-refractivity contribution is -0.111. The molecule has 1 aliphatic rings. The zero-order valence-corrected chi connectivity index (χ0v) is 17.3. The molecule has 156 valence electrons. The summed E-state index contributed by atoms with van der Waals surface area (Å²) in [7, 11) is -3.14. The minimum absolute atomic E-state index is 0.0442. The second-order valence-corrected chi connectivity index (χ2v) is 10.4. The minimum atomic E-state index is -3.14. The van der Waals surface area contributed by atoms with Gasteiger partial charge in [0.25, 0.3) is 0 Å². The van der Waals surface area contributed by atoms with E-state index in [1.807, 2.05) is 20.8 Å². The predicted octanol–water partition coefficient (Wildman–Crippen LogP) is 3.47. The van der Waals surface area contributed by atoms with Gasteiger partial charge in [-0.05, 0) is 24.6 Å². The highest BCUT2D eigenvalue weighted by Crippen LogP contribution is 2.30. The summed E-state index contributed by atoms with van der Waals surface area (Å²) in [5.41, 5.74) is 0.0728. The van der Waals surface area contributed by atoms with Gasteiger partial charge in [0.2, 0.25) is 5.91 Å². The maximum absolute atomic E-state index is 13.7. The van der Waals surface area contributed by atoms with Crippen molar-refractivity contribution in [2.75, 3.05) is 16.8 Å². The summed E-state index contributed by atoms with van der Waals surface area (Å²) in [6.07, 6.45) is 2.50. The van der Waals surface area contributed by atoms with Gasteiger partial charge in [-0.3, -0.25) is 4.79 Å². The van der Waals surface area contributed by atoms with E-state index in [2.05, 4.69) is 10.4 Å². The van der Waals surface area contributed by atoms with Gasteiger partial charge in [0.1, 0.15) is 17.5 Å². The van der Waals surface area contributed by atoms with Gasteiger partial charge in [-0.15, -0.1) is 0 Å². The number of anilines is 1. The maximum atomic E-state index is 13.7. The van der Waals surface area contributed by atoms with Gasteiger partial charge in [0.05, 0.1) is 23.2 Å². The number of nitrogens with zero attached hydrogens (tertiary/aromatic N) is 2. The SMILES string of the molecule is CC(C)(C)c1cc(NC(=O)C=Cc2c(F)cccc2F)n(C2CCS(=O)(=O)C2)n1. The number of aromatic nitrogens is 2. The number of benzene rings is 1. The molecule has 1 N–H and O–H groups in total. The molecule has 1 saturated heterocycles. The van der Waals surface area contributed by atoms with E-state index in [0.29, 0.717) is 17.9 Å². The van der Waals surface area contributed by atoms with Crippen LogP contribution in [0.3, 0.4) is 0 Å². The highest BCUT2D eigenvalue weighted by Gasteiger charge is 2.32. The van der Waals surface area contributed by atoms with Crippen molar-refractivity contribution in [3.05, 3.63) is 53.2 Å². The van der Waals surface area contributed by atoms with Gasteiger partial charge in [-0.2, -0.15) is 5.10 Å². The molecule has 6 nitrogen and oxygen atoms in total. The molecule has 2 heterocycles. The molecule has 1 aromatic heterocycles. The van der Waals surface area contributed by atoms with Crippen LogP contribution in [0, 0.1) is 11.6 Å². The molecule has 1 aliphatic heterocycles. The zero-order chi connectivity index (χ0) is 21.4. The monoisotopic (exact) mass is 423 g/mol. The van der Waals surface area contributed by atoms with Gasteiger partial charge in [0.15, 0.2) is 9.84 Å². The Hall–Kier alpha value is -2.55. The van der Waals surface area contributed by atoms with Gasteiger partial charge in [-0.1, -0.05) is 26.8 Å². The molecule has 0 bridgehead atoms. The fourth-order valence-corrected chi connectivity index (χ4v) is 4.79. The Bertz CT molecular complexity index is 1050. The van der Waals surface area contributed by atoms with Crippen molar-refractivity contribution in [3.63, 3.8) is 0 Å². The Labute approximate surface area is 168 Å². The Morgan fingerprint density at radius 3 is 2.48 bits per heavy atom. The molecule has 29 heavy (non-hydrogen) atoms. The first-order chi connectivity index (χ1) is 13.5. The van der Waals surface area contributed by atoms with Crippen molar-refractivity contribution in [1.29, 1.82) is 0 Å². The lowest BCUT2D eigenvalue weighted by atomic mass is 9.92. The van der Waals surface area contributed by atoms with E-state index in [-0.39, 0.29) is 28.5 Å². The van der Waals surface area contributed by atoms with Crippen LogP contribution in [-0.4, -0.2) is 35.6 Å². The number of nitrogens with one attached hydrogen (secondary N) is 1. The molecule has 0 aliphatic carbocycles. The Morgan fingerprint density at radius 2 is 1.93 bits per heavy atom. The van der Waals surface area contributed by atoms with Crippen LogP contribution in [-0.2, 0) is 20.0 Å². The molecule has 1 unspecified atom stereocenters. The maximum Gasteiger partial charge on any atom is 0.249 e. The van der Waals surface area contributed by atoms with Gasteiger partial charge >= 0.3 is 0 Å². The van der Waals surface area contributed by atoms with E-state index in [1.165, 1.54) is 10.7 Å². The third-order valence-electron chi connectivity index (χ3n) is 4.71. The minimum Gasteiger partial charge on any atom is -0.307 e. The first-order valence-electron chi connectivity index (χ1n) is 9.20. The second kappa shape index (κ2) is 7.70. The van der Waals surface area contributed by atoms with E-state index >= 15 is 0 Å². The fourth-order valence-electron chi connectivity index (χ4n) is 3.10. The Morgan fingerprint density at radius 1 is 1.28 bits per heavy atom. The van der Waals surface area contributed by atoms with Crippen LogP contribution in [0.2, 0.25) is 0 Å². The van der Waals surface area contributed by atoms with Crippen molar-refractivity contribution in [3.8, 4) is 0 Å². The molecule has 2 aromatic rings. The molecule has 1 aromatic carbocycles. The van der Waals surface area contributed by atoms with Crippen molar-refractivity contribution in [2.24, 2.45) is 0 Å². The van der Waals surface area contributed by atoms with Gasteiger partial charge < -0.3 is 5.32 Å². The third-order valence-corrected chi connectivity index (χ3v) is 6.46. The molecular weight excluding hydrogens is 400 g/mol. The summed E-state index contributed by atoms with van der Waals surface area (Å²) in [4.78, 5) is 12.4. The number of halogens is 2. The van der Waals surface area contributed by atoms with Crippen molar-refractivity contribution >= 4 is 27.6 Å². The van der Waals surface area contributed by atoms with Crippen molar-refractivity contribution < 1.29 is 22.0 Å². The summed E-state index contributed by atoms with van der Waals surface area (Å²) in [5.74, 6) is -1.77. The first-order valence-corrected chi connectivity index (χ1v) is 11.0. The molecule has 0 radical (unpaired) electrons. The number of carbonyl (C=O) groups excluding carboxylic acids is 1. The van der Waals surface area contributed by atoms with E-state index in [0.717, 1.165) is 24.3 Å². The topological polar surface area (TPSA) is 81.1 Å². The van der Waals surface area contributed by atoms with E-state index in [4.69, 9.17) is 0 Å². The van der Waals surface area contributed by atoms with Crippen LogP contribution < -0.4 is 5.32 Å². The van der Waals surface area contributed by atoms with E-state index < -0.39 is 27.4 Å². The van der Waals surface area contributed by atoms with Crippen LogP contribution in [0.5, 0.6) is 0 Å². The summed E-state index contributed by atoms with van der Waals surface area (Å²) in [6, 6.07) is 4.77. The number of rotatable bonds is 4. The summed E-state index contributed by atoms with van der Waals surface area (Å²) in [5, 5.41) is 7.17. The standard InChI is InChI=1S/C20H23F2N3O3S/c1-20(2,3)17-11-18(25(24-17)13-9-10-29(27,28)12-13)23-19(26)8-7-14-15(21)5-4-6-16(14)22/h4-8,11,13H,9-10,12H2,1-3H3,(H,23,26). The molecular formula is C20H23F2N3O3S. The quantitative estimate of drug-likeness (QED) is 0.764. The third kappa shape index (κ3) is 4.90. The molecule has 1 fully saturated rings. The lowest BCUT2D eigenvalue weighted by Gasteiger charge is -2.15. The number of sulfone groups is 1. The average molecular weight is 423 g/mol. The second-order valence-electron chi connectivity index (χ2n) is 8.12. The summed E-state index contributed by atoms with van der Waals surface area (Å²) < 4.78 is 52.7. The predicted molar refractivity (Wildman–Crippen MR) is 107 cm³/mol. The number of hydrogen-bond acceptors (Lipinski definition) is 4. The number of hydrogen-bond donors (Lipinski definition) is 1. The smallest absolute Gasteiger partial charge is 0.249 e. The molecule has 1 amide bonds. The first kappa shape index (κ1) is 21.2. The average Bonchev–Trinajstić information content (AvgIpc) is 3.17. The van der Waals surface area contributed by atoms with E-state index in [1.54, 1.807) is 6.07 Å². The van der Waals surface area contributed by atoms with Crippen molar-refractivity contribution in [2.45, 2.75) is 38.6 Å². The summed E-state index contributed by atoms with van der Waals surface area (Å²) in [6.45, 7) is 5.87. The lowest BCUT2D eigenvalue weighted by Crippen LogP contribution is -2.19. The van der Waals surface area contributed by atoms with Gasteiger partial charge in [0, 0.05) is 23.1 Å². The highest BCUT2D eigenvalue weighted by atomic mass is 32.2. The van der Waals surface area contributed by atoms with Crippen molar-refractivity contribution in [1.82, 2.24) is 9.78 Å². The Balaban J connectivity index is 1.86. The molecule has 1 atom stereocenters. The van der Waals surface area contributed by atoms with Gasteiger partial charge in [-0.25, -0.2) is 21.9 Å². The molecule has 0 spiro atoms. The number of amides is 1. The van der Waals surface area contributed by atoms with Crippen LogP contribution in [0.4, 0.5) is 14.6 Å². The van der Waals surface area contributed by atoms with E-state index in [9.17, 15) is 22.0 Å². The van der Waals surface area contributed by atoms with Crippen LogP contribution in [0.1, 0.15) is 44.5 Å². The fraction of sp³-hybridized carbons (Fsp3) is 0.400. The highest BCUT2D eigenvalue weighted by molar-refractivity contribution is 7.91. The molecule has 9 heteroatoms. The summed E-state index contributed by atoms with van der Waals surface area (Å²) >= 11 is 0. The van der Waals surface area contributed by atoms with Crippen LogP contribution in [0.25, 0.3) is 6.08 Å².